The molecular weight excluding hydrogens is 401 g/mol. The molecule has 0 aliphatic heterocycles. The van der Waals surface area contributed by atoms with E-state index in [4.69, 9.17) is 4.74 Å². The molecule has 0 amide bonds. The molecule has 1 aromatic carbocycles. The first kappa shape index (κ1) is 25.8. The molecule has 0 unspecified atom stereocenters. The molecule has 1 rings (SSSR count). The first-order valence-corrected chi connectivity index (χ1v) is 10.5. The molecule has 0 saturated carbocycles. The Morgan fingerprint density at radius 2 is 1.43 bits per heavy atom. The number of alkyl halides is 3. The van der Waals surface area contributed by atoms with E-state index in [0.717, 1.165) is 43.9 Å². The summed E-state index contributed by atoms with van der Waals surface area (Å²) in [5, 5.41) is 11.1. The Bertz CT molecular complexity index is 659. The van der Waals surface area contributed by atoms with Crippen molar-refractivity contribution in [3.63, 3.8) is 0 Å². The lowest BCUT2D eigenvalue weighted by Crippen LogP contribution is -2.24. The summed E-state index contributed by atoms with van der Waals surface area (Å²) in [5.41, 5.74) is -0.517. The minimum Gasteiger partial charge on any atom is -0.545 e. The fourth-order valence-corrected chi connectivity index (χ4v) is 3.06. The SMILES string of the molecule is CCCCCCCCCCCCCC(=O)Oc1cc(OC(F)(F)F)ccc1C(=O)[O-]. The van der Waals surface area contributed by atoms with Gasteiger partial charge in [-0.25, -0.2) is 0 Å². The Morgan fingerprint density at radius 1 is 0.900 bits per heavy atom. The van der Waals surface area contributed by atoms with Crippen molar-refractivity contribution < 1.29 is 37.3 Å². The summed E-state index contributed by atoms with van der Waals surface area (Å²) in [6, 6.07) is 2.39. The van der Waals surface area contributed by atoms with Crippen molar-refractivity contribution in [3.8, 4) is 11.5 Å². The number of carbonyl (C=O) groups excluding carboxylic acids is 2. The van der Waals surface area contributed by atoms with Crippen molar-refractivity contribution in [2.45, 2.75) is 90.3 Å². The third-order valence-corrected chi connectivity index (χ3v) is 4.61. The highest BCUT2D eigenvalue weighted by Crippen LogP contribution is 2.29. The van der Waals surface area contributed by atoms with Gasteiger partial charge in [0.15, 0.2) is 0 Å². The van der Waals surface area contributed by atoms with E-state index < -0.39 is 35.4 Å². The molecule has 0 aliphatic rings. The highest BCUT2D eigenvalue weighted by atomic mass is 19.4. The van der Waals surface area contributed by atoms with Crippen LogP contribution in [-0.4, -0.2) is 18.3 Å². The van der Waals surface area contributed by atoms with E-state index in [0.29, 0.717) is 6.42 Å². The van der Waals surface area contributed by atoms with E-state index in [1.165, 1.54) is 38.5 Å². The third-order valence-electron chi connectivity index (χ3n) is 4.61. The number of aromatic carboxylic acids is 1. The van der Waals surface area contributed by atoms with Crippen LogP contribution in [0, 0.1) is 0 Å². The number of hydrogen-bond donors (Lipinski definition) is 0. The van der Waals surface area contributed by atoms with Gasteiger partial charge in [-0.15, -0.1) is 13.2 Å². The van der Waals surface area contributed by atoms with Crippen LogP contribution in [0.2, 0.25) is 0 Å². The number of hydrogen-bond acceptors (Lipinski definition) is 5. The van der Waals surface area contributed by atoms with Gasteiger partial charge in [0.05, 0.1) is 5.97 Å². The minimum atomic E-state index is -4.94. The molecule has 5 nitrogen and oxygen atoms in total. The molecule has 30 heavy (non-hydrogen) atoms. The maximum absolute atomic E-state index is 12.3. The Morgan fingerprint density at radius 3 is 1.93 bits per heavy atom. The minimum absolute atomic E-state index is 0.0495. The number of rotatable bonds is 15. The zero-order valence-electron chi connectivity index (χ0n) is 17.4. The maximum Gasteiger partial charge on any atom is 0.573 e. The van der Waals surface area contributed by atoms with Gasteiger partial charge in [-0.3, -0.25) is 4.79 Å². The normalized spacial score (nSPS) is 11.3. The summed E-state index contributed by atoms with van der Waals surface area (Å²) in [5.74, 6) is -3.57. The maximum atomic E-state index is 12.3. The number of esters is 1. The van der Waals surface area contributed by atoms with Crippen molar-refractivity contribution >= 4 is 11.9 Å². The molecule has 1 aromatic rings. The molecule has 0 saturated heterocycles. The summed E-state index contributed by atoms with van der Waals surface area (Å²) in [6.07, 6.45) is 7.32. The molecule has 0 bridgehead atoms. The Labute approximate surface area is 175 Å². The van der Waals surface area contributed by atoms with Crippen LogP contribution >= 0.6 is 0 Å². The van der Waals surface area contributed by atoms with Crippen LogP contribution in [0.5, 0.6) is 11.5 Å². The van der Waals surface area contributed by atoms with Gasteiger partial charge in [-0.05, 0) is 18.6 Å². The average molecular weight is 431 g/mol. The largest absolute Gasteiger partial charge is 0.573 e. The third kappa shape index (κ3) is 11.7. The quantitative estimate of drug-likeness (QED) is 0.207. The molecule has 8 heteroatoms. The van der Waals surface area contributed by atoms with E-state index in [1.807, 2.05) is 0 Å². The van der Waals surface area contributed by atoms with Crippen LogP contribution in [0.1, 0.15) is 94.3 Å². The second-order valence-electron chi connectivity index (χ2n) is 7.25. The summed E-state index contributed by atoms with van der Waals surface area (Å²) in [4.78, 5) is 23.0. The number of carboxylic acid groups (broad SMARTS) is 1. The Hall–Kier alpha value is -2.25. The van der Waals surface area contributed by atoms with Gasteiger partial charge in [0.25, 0.3) is 0 Å². The monoisotopic (exact) mass is 431 g/mol. The lowest BCUT2D eigenvalue weighted by Gasteiger charge is -2.14. The average Bonchev–Trinajstić information content (AvgIpc) is 2.64. The molecule has 0 heterocycles. The predicted molar refractivity (Wildman–Crippen MR) is 104 cm³/mol. The topological polar surface area (TPSA) is 75.7 Å². The fourth-order valence-electron chi connectivity index (χ4n) is 3.06. The number of halogens is 3. The zero-order valence-corrected chi connectivity index (χ0v) is 17.4. The van der Waals surface area contributed by atoms with Crippen LogP contribution in [0.15, 0.2) is 18.2 Å². The summed E-state index contributed by atoms with van der Waals surface area (Å²) >= 11 is 0. The van der Waals surface area contributed by atoms with Crippen LogP contribution in [-0.2, 0) is 4.79 Å². The number of unbranched alkanes of at least 4 members (excludes halogenated alkanes) is 10. The van der Waals surface area contributed by atoms with Crippen molar-refractivity contribution in [1.29, 1.82) is 0 Å². The summed E-state index contributed by atoms with van der Waals surface area (Å²) in [7, 11) is 0. The smallest absolute Gasteiger partial charge is 0.545 e. The molecule has 0 fully saturated rings. The van der Waals surface area contributed by atoms with Gasteiger partial charge in [0, 0.05) is 18.1 Å². The van der Waals surface area contributed by atoms with Crippen LogP contribution in [0.4, 0.5) is 13.2 Å². The van der Waals surface area contributed by atoms with Crippen molar-refractivity contribution in [1.82, 2.24) is 0 Å². The number of carbonyl (C=O) groups is 2. The van der Waals surface area contributed by atoms with E-state index in [-0.39, 0.29) is 6.42 Å². The molecule has 170 valence electrons. The van der Waals surface area contributed by atoms with Gasteiger partial charge < -0.3 is 19.4 Å². The second-order valence-corrected chi connectivity index (χ2v) is 7.25. The molecule has 0 radical (unpaired) electrons. The van der Waals surface area contributed by atoms with E-state index in [1.54, 1.807) is 0 Å². The molecule has 0 aromatic heterocycles. The van der Waals surface area contributed by atoms with Crippen LogP contribution in [0.25, 0.3) is 0 Å². The van der Waals surface area contributed by atoms with E-state index in [9.17, 15) is 27.9 Å². The lowest BCUT2D eigenvalue weighted by atomic mass is 10.1. The molecule has 0 aliphatic carbocycles. The van der Waals surface area contributed by atoms with Crippen LogP contribution in [0.3, 0.4) is 0 Å². The van der Waals surface area contributed by atoms with E-state index >= 15 is 0 Å². The molecule has 0 N–H and O–H groups in total. The highest BCUT2D eigenvalue weighted by Gasteiger charge is 2.31. The van der Waals surface area contributed by atoms with Gasteiger partial charge >= 0.3 is 12.3 Å². The van der Waals surface area contributed by atoms with Crippen molar-refractivity contribution in [2.24, 2.45) is 0 Å². The predicted octanol–water partition coefficient (Wildman–Crippen LogP) is 5.56. The van der Waals surface area contributed by atoms with Gasteiger partial charge in [-0.1, -0.05) is 71.1 Å². The van der Waals surface area contributed by atoms with Gasteiger partial charge in [-0.2, -0.15) is 0 Å². The molecule has 0 atom stereocenters. The van der Waals surface area contributed by atoms with E-state index in [2.05, 4.69) is 11.7 Å². The first-order valence-electron chi connectivity index (χ1n) is 10.5. The fraction of sp³-hybridized carbons (Fsp3) is 0.636. The van der Waals surface area contributed by atoms with Gasteiger partial charge in [0.2, 0.25) is 0 Å². The lowest BCUT2D eigenvalue weighted by molar-refractivity contribution is -0.274. The number of ether oxygens (including phenoxy) is 2. The Balaban J connectivity index is 2.33. The van der Waals surface area contributed by atoms with Crippen LogP contribution < -0.4 is 14.6 Å². The number of benzene rings is 1. The second kappa shape index (κ2) is 13.9. The van der Waals surface area contributed by atoms with Gasteiger partial charge in [0.1, 0.15) is 11.5 Å². The standard InChI is InChI=1S/C22H31F3O5/c1-2-3-4-5-6-7-8-9-10-11-12-13-20(26)29-19-16-17(30-22(23,24)25)14-15-18(19)21(27)28/h14-16H,2-13H2,1H3,(H,27,28)/p-1. The number of carboxylic acids is 1. The van der Waals surface area contributed by atoms with Crippen molar-refractivity contribution in [3.05, 3.63) is 23.8 Å². The Kier molecular flexibility index (Phi) is 11.9. The van der Waals surface area contributed by atoms with Crippen molar-refractivity contribution in [2.75, 3.05) is 0 Å². The zero-order chi connectivity index (χ0) is 22.4. The highest BCUT2D eigenvalue weighted by molar-refractivity contribution is 5.90. The molecular formula is C22H30F3O5-. The molecule has 0 spiro atoms. The first-order chi connectivity index (χ1) is 14.2. The summed E-state index contributed by atoms with van der Waals surface area (Å²) in [6.45, 7) is 2.19. The summed E-state index contributed by atoms with van der Waals surface area (Å²) < 4.78 is 45.6.